The van der Waals surface area contributed by atoms with Crippen LogP contribution >= 0.6 is 0 Å². The van der Waals surface area contributed by atoms with Gasteiger partial charge in [0, 0.05) is 0 Å². The highest BCUT2D eigenvalue weighted by Gasteiger charge is 2.01. The van der Waals surface area contributed by atoms with Gasteiger partial charge in [-0.3, -0.25) is 0 Å². The summed E-state index contributed by atoms with van der Waals surface area (Å²) in [6.45, 7) is -0.244. The molecule has 0 aliphatic carbocycles. The highest BCUT2D eigenvalue weighted by molar-refractivity contribution is 5.64. The van der Waals surface area contributed by atoms with Gasteiger partial charge in [-0.15, -0.1) is 0 Å². The van der Waals surface area contributed by atoms with E-state index in [1.54, 1.807) is 0 Å². The summed E-state index contributed by atoms with van der Waals surface area (Å²) in [5.74, 6) is 0. The van der Waals surface area contributed by atoms with E-state index >= 15 is 0 Å². The second-order valence-corrected chi connectivity index (χ2v) is 1.33. The molecular weight excluding hydrogens is 124 g/mol. The van der Waals surface area contributed by atoms with E-state index in [9.17, 15) is 4.79 Å². The lowest BCUT2D eigenvalue weighted by atomic mass is 10.4. The monoisotopic (exact) mass is 130 g/mol. The van der Waals surface area contributed by atoms with Gasteiger partial charge in [0.25, 0.3) is 0 Å². The van der Waals surface area contributed by atoms with Gasteiger partial charge in [-0.2, -0.15) is 5.26 Å². The molecule has 0 heterocycles. The predicted octanol–water partition coefficient (Wildman–Crippen LogP) is -0.862. The third-order valence-corrected chi connectivity index (χ3v) is 0.596. The average molecular weight is 130 g/mol. The summed E-state index contributed by atoms with van der Waals surface area (Å²) in [7, 11) is 0. The van der Waals surface area contributed by atoms with Crippen LogP contribution in [0.3, 0.4) is 0 Å². The van der Waals surface area contributed by atoms with E-state index < -0.39 is 12.2 Å². The second-order valence-electron chi connectivity index (χ2n) is 1.33. The molecule has 0 aromatic heterocycles. The quantitative estimate of drug-likeness (QED) is 0.424. The first-order valence-corrected chi connectivity index (χ1v) is 2.21. The molecule has 9 heavy (non-hydrogen) atoms. The van der Waals surface area contributed by atoms with E-state index in [4.69, 9.17) is 15.5 Å². The van der Waals surface area contributed by atoms with Gasteiger partial charge in [0.05, 0.1) is 12.6 Å². The summed E-state index contributed by atoms with van der Waals surface area (Å²) < 4.78 is 0. The molecule has 1 unspecified atom stereocenters. The van der Waals surface area contributed by atoms with Crippen LogP contribution in [0.4, 0.5) is 4.79 Å². The highest BCUT2D eigenvalue weighted by Crippen LogP contribution is 1.73. The van der Waals surface area contributed by atoms with Crippen molar-refractivity contribution in [2.75, 3.05) is 6.54 Å². The Bertz CT molecular complexity index is 139. The Balaban J connectivity index is 3.30. The summed E-state index contributed by atoms with van der Waals surface area (Å²) in [6.07, 6.45) is -2.50. The SMILES string of the molecule is N#CC(O)CNC(=O)O. The summed E-state index contributed by atoms with van der Waals surface area (Å²) in [4.78, 5) is 9.69. The van der Waals surface area contributed by atoms with Gasteiger partial charge in [-0.1, -0.05) is 0 Å². The lowest BCUT2D eigenvalue weighted by Crippen LogP contribution is -2.29. The molecule has 0 bridgehead atoms. The van der Waals surface area contributed by atoms with Gasteiger partial charge in [0.2, 0.25) is 0 Å². The van der Waals surface area contributed by atoms with Crippen molar-refractivity contribution in [3.8, 4) is 6.07 Å². The molecule has 0 aromatic carbocycles. The number of rotatable bonds is 2. The van der Waals surface area contributed by atoms with Crippen LogP contribution in [0.1, 0.15) is 0 Å². The maximum absolute atomic E-state index is 9.69. The van der Waals surface area contributed by atoms with Crippen molar-refractivity contribution in [3.63, 3.8) is 0 Å². The van der Waals surface area contributed by atoms with Crippen LogP contribution in [0.2, 0.25) is 0 Å². The van der Waals surface area contributed by atoms with Crippen molar-refractivity contribution in [1.29, 1.82) is 5.26 Å². The number of amides is 1. The summed E-state index contributed by atoms with van der Waals surface area (Å²) in [5.41, 5.74) is 0. The number of hydrogen-bond donors (Lipinski definition) is 3. The molecule has 0 radical (unpaired) electrons. The third-order valence-electron chi connectivity index (χ3n) is 0.596. The van der Waals surface area contributed by atoms with Crippen LogP contribution in [-0.2, 0) is 0 Å². The smallest absolute Gasteiger partial charge is 0.404 e. The lowest BCUT2D eigenvalue weighted by molar-refractivity contribution is 0.181. The molecule has 0 aliphatic rings. The van der Waals surface area contributed by atoms with Gasteiger partial charge in [0.15, 0.2) is 6.10 Å². The zero-order valence-corrected chi connectivity index (χ0v) is 4.53. The molecule has 50 valence electrons. The molecule has 0 rings (SSSR count). The Morgan fingerprint density at radius 1 is 1.89 bits per heavy atom. The van der Waals surface area contributed by atoms with Crippen LogP contribution in [-0.4, -0.2) is 29.0 Å². The number of carboxylic acid groups (broad SMARTS) is 1. The van der Waals surface area contributed by atoms with Crippen molar-refractivity contribution in [2.24, 2.45) is 0 Å². The van der Waals surface area contributed by atoms with E-state index in [0.29, 0.717) is 0 Å². The van der Waals surface area contributed by atoms with E-state index in [1.807, 2.05) is 5.32 Å². The van der Waals surface area contributed by atoms with E-state index in [1.165, 1.54) is 6.07 Å². The fourth-order valence-corrected chi connectivity index (χ4v) is 0.230. The minimum absolute atomic E-state index is 0.244. The van der Waals surface area contributed by atoms with Crippen LogP contribution in [0, 0.1) is 11.3 Å². The predicted molar refractivity (Wildman–Crippen MR) is 27.6 cm³/mol. The zero-order valence-electron chi connectivity index (χ0n) is 4.53. The Kier molecular flexibility index (Phi) is 3.16. The molecule has 0 fully saturated rings. The Morgan fingerprint density at radius 3 is 2.78 bits per heavy atom. The first-order chi connectivity index (χ1) is 4.16. The van der Waals surface area contributed by atoms with E-state index in [0.717, 1.165) is 0 Å². The molecule has 0 saturated carbocycles. The number of aliphatic hydroxyl groups is 1. The summed E-state index contributed by atoms with van der Waals surface area (Å²) >= 11 is 0. The molecule has 5 nitrogen and oxygen atoms in total. The average Bonchev–Trinajstić information content (AvgIpc) is 1.83. The molecule has 3 N–H and O–H groups in total. The third kappa shape index (κ3) is 4.58. The lowest BCUT2D eigenvalue weighted by Gasteiger charge is -1.98. The van der Waals surface area contributed by atoms with E-state index in [-0.39, 0.29) is 6.54 Å². The van der Waals surface area contributed by atoms with Gasteiger partial charge < -0.3 is 15.5 Å². The Labute approximate surface area is 51.5 Å². The van der Waals surface area contributed by atoms with Crippen molar-refractivity contribution in [3.05, 3.63) is 0 Å². The van der Waals surface area contributed by atoms with Gasteiger partial charge in [-0.25, -0.2) is 4.79 Å². The topological polar surface area (TPSA) is 93.4 Å². The standard InChI is InChI=1S/C4H6N2O3/c5-1-3(7)2-6-4(8)9/h3,6-7H,2H2,(H,8,9). The minimum atomic E-state index is -1.25. The van der Waals surface area contributed by atoms with Crippen LogP contribution < -0.4 is 5.32 Å². The molecular formula is C4H6N2O3. The number of nitrogens with one attached hydrogen (secondary N) is 1. The molecule has 0 saturated heterocycles. The second kappa shape index (κ2) is 3.69. The van der Waals surface area contributed by atoms with E-state index in [2.05, 4.69) is 0 Å². The fraction of sp³-hybridized carbons (Fsp3) is 0.500. The number of nitrogens with zero attached hydrogens (tertiary/aromatic N) is 1. The number of hydrogen-bond acceptors (Lipinski definition) is 3. The van der Waals surface area contributed by atoms with Crippen LogP contribution in [0.25, 0.3) is 0 Å². The molecule has 5 heteroatoms. The number of aliphatic hydroxyl groups excluding tert-OH is 1. The zero-order chi connectivity index (χ0) is 7.28. The molecule has 0 aliphatic heterocycles. The molecule has 1 atom stereocenters. The van der Waals surface area contributed by atoms with Gasteiger partial charge in [-0.05, 0) is 0 Å². The van der Waals surface area contributed by atoms with Crippen LogP contribution in [0.5, 0.6) is 0 Å². The van der Waals surface area contributed by atoms with Crippen molar-refractivity contribution in [2.45, 2.75) is 6.10 Å². The highest BCUT2D eigenvalue weighted by atomic mass is 16.4. The maximum atomic E-state index is 9.69. The van der Waals surface area contributed by atoms with Crippen molar-refractivity contribution in [1.82, 2.24) is 5.32 Å². The van der Waals surface area contributed by atoms with Gasteiger partial charge in [0.1, 0.15) is 0 Å². The first kappa shape index (κ1) is 7.72. The fourth-order valence-electron chi connectivity index (χ4n) is 0.230. The number of carbonyl (C=O) groups is 1. The van der Waals surface area contributed by atoms with Gasteiger partial charge >= 0.3 is 6.09 Å². The Hall–Kier alpha value is -1.28. The Morgan fingerprint density at radius 2 is 2.44 bits per heavy atom. The molecule has 1 amide bonds. The van der Waals surface area contributed by atoms with Crippen molar-refractivity contribution >= 4 is 6.09 Å². The molecule has 0 spiro atoms. The largest absolute Gasteiger partial charge is 0.465 e. The number of nitriles is 1. The van der Waals surface area contributed by atoms with Crippen LogP contribution in [0.15, 0.2) is 0 Å². The normalized spacial score (nSPS) is 11.6. The summed E-state index contributed by atoms with van der Waals surface area (Å²) in [6, 6.07) is 1.45. The first-order valence-electron chi connectivity index (χ1n) is 2.21. The van der Waals surface area contributed by atoms with Crippen molar-refractivity contribution < 1.29 is 15.0 Å². The summed E-state index contributed by atoms with van der Waals surface area (Å²) in [5, 5.41) is 26.1. The molecule has 0 aromatic rings. The maximum Gasteiger partial charge on any atom is 0.404 e. The minimum Gasteiger partial charge on any atom is -0.465 e.